The van der Waals surface area contributed by atoms with Gasteiger partial charge in [0, 0.05) is 19.6 Å². The highest BCUT2D eigenvalue weighted by atomic mass is 16.6. The third-order valence-corrected chi connectivity index (χ3v) is 11.6. The van der Waals surface area contributed by atoms with E-state index in [2.05, 4.69) is 74.5 Å². The summed E-state index contributed by atoms with van der Waals surface area (Å²) in [4.78, 5) is 11.2. The molecule has 0 bridgehead atoms. The van der Waals surface area contributed by atoms with Gasteiger partial charge in [0.15, 0.2) is 0 Å². The van der Waals surface area contributed by atoms with E-state index in [1.54, 1.807) is 0 Å². The minimum absolute atomic E-state index is 0.0251. The minimum Gasteiger partial charge on any atom is -0.387 e. The molecule has 42 heavy (non-hydrogen) atoms. The van der Waals surface area contributed by atoms with Crippen LogP contribution in [0.1, 0.15) is 56.4 Å². The van der Waals surface area contributed by atoms with Crippen LogP contribution in [0.4, 0.5) is 11.4 Å². The molecule has 0 radical (unpaired) electrons. The van der Waals surface area contributed by atoms with E-state index in [1.165, 1.54) is 55.5 Å². The lowest BCUT2D eigenvalue weighted by Crippen LogP contribution is -2.68. The molecule has 11 nitrogen and oxygen atoms in total. The van der Waals surface area contributed by atoms with Crippen LogP contribution in [-0.4, -0.2) is 133 Å². The summed E-state index contributed by atoms with van der Waals surface area (Å²) in [6, 6.07) is 7.62. The fourth-order valence-electron chi connectivity index (χ4n) is 8.36. The number of fused-ring (bicyclic) bond motifs is 2. The smallest absolute Gasteiger partial charge is 0.142 e. The largest absolute Gasteiger partial charge is 0.387 e. The molecule has 0 amide bonds. The van der Waals surface area contributed by atoms with Crippen molar-refractivity contribution < 1.29 is 14.9 Å². The van der Waals surface area contributed by atoms with Gasteiger partial charge in [0.2, 0.25) is 0 Å². The second-order valence-electron chi connectivity index (χ2n) is 14.2. The van der Waals surface area contributed by atoms with Crippen LogP contribution < -0.4 is 21.3 Å². The van der Waals surface area contributed by atoms with Crippen LogP contribution >= 0.6 is 0 Å². The Bertz CT molecular complexity index is 1120. The molecule has 4 heterocycles. The standard InChI is InChI=1S/C31H52N8O3/c1-35(15-24-27(40)28(41)31(42-24)39-17-37(3)26-29(32)36(2)16-33-30(26)39)21-12-18(13-21)8-11-25-34-22-14-20(19-6-5-7-19)9-10-23(22)38(25)4/h9-10,14,18-19,21,24-31,33-34,40-41H,5-8,11-13,15-17,32H2,1-4H3/t18?,21?,24-,25?,26?,27-,28-,29?,30?,31-/m1/s1. The van der Waals surface area contributed by atoms with Crippen molar-refractivity contribution in [2.24, 2.45) is 11.7 Å². The predicted molar refractivity (Wildman–Crippen MR) is 164 cm³/mol. The predicted octanol–water partition coefficient (Wildman–Crippen LogP) is 0.756. The molecule has 7 rings (SSSR count). The van der Waals surface area contributed by atoms with E-state index in [-0.39, 0.29) is 18.4 Å². The molecule has 4 unspecified atom stereocenters. The number of hydrogen-bond donors (Lipinski definition) is 5. The Morgan fingerprint density at radius 2 is 1.86 bits per heavy atom. The summed E-state index contributed by atoms with van der Waals surface area (Å²) in [7, 11) is 8.42. The Morgan fingerprint density at radius 1 is 1.07 bits per heavy atom. The van der Waals surface area contributed by atoms with Crippen molar-refractivity contribution >= 4 is 11.4 Å². The fourth-order valence-corrected chi connectivity index (χ4v) is 8.36. The summed E-state index contributed by atoms with van der Waals surface area (Å²) in [5.74, 6) is 1.49. The first-order valence-corrected chi connectivity index (χ1v) is 16.2. The van der Waals surface area contributed by atoms with E-state index >= 15 is 0 Å². The Balaban J connectivity index is 0.874. The van der Waals surface area contributed by atoms with Crippen LogP contribution in [0.2, 0.25) is 0 Å². The van der Waals surface area contributed by atoms with E-state index in [0.717, 1.165) is 18.3 Å². The first-order chi connectivity index (χ1) is 20.2. The quantitative estimate of drug-likeness (QED) is 0.298. The number of aliphatic hydroxyl groups excluding tert-OH is 2. The van der Waals surface area contributed by atoms with Crippen LogP contribution in [-0.2, 0) is 4.74 Å². The summed E-state index contributed by atoms with van der Waals surface area (Å²) in [6.45, 7) is 1.92. The van der Waals surface area contributed by atoms with Gasteiger partial charge in [0.1, 0.15) is 24.5 Å². The maximum absolute atomic E-state index is 11.0. The van der Waals surface area contributed by atoms with Gasteiger partial charge in [-0.05, 0) is 89.2 Å². The summed E-state index contributed by atoms with van der Waals surface area (Å²) >= 11 is 0. The highest BCUT2D eigenvalue weighted by molar-refractivity contribution is 5.76. The van der Waals surface area contributed by atoms with Gasteiger partial charge in [0.05, 0.1) is 49.3 Å². The number of aliphatic hydroxyl groups is 2. The van der Waals surface area contributed by atoms with Gasteiger partial charge in [-0.1, -0.05) is 12.5 Å². The highest BCUT2D eigenvalue weighted by Crippen LogP contribution is 2.43. The second-order valence-corrected chi connectivity index (χ2v) is 14.2. The highest BCUT2D eigenvalue weighted by Gasteiger charge is 2.54. The molecule has 1 aromatic rings. The zero-order valence-corrected chi connectivity index (χ0v) is 25.8. The van der Waals surface area contributed by atoms with Gasteiger partial charge in [-0.3, -0.25) is 15.1 Å². The van der Waals surface area contributed by atoms with E-state index in [9.17, 15) is 10.2 Å². The first-order valence-electron chi connectivity index (χ1n) is 16.2. The number of anilines is 2. The molecule has 5 fully saturated rings. The number of nitrogens with two attached hydrogens (primary N) is 1. The van der Waals surface area contributed by atoms with Crippen molar-refractivity contribution in [1.29, 1.82) is 0 Å². The van der Waals surface area contributed by atoms with Crippen molar-refractivity contribution in [3.8, 4) is 0 Å². The number of likely N-dealkylation sites (N-methyl/N-ethyl adjacent to an activating group) is 3. The number of nitrogens with zero attached hydrogens (tertiary/aromatic N) is 5. The van der Waals surface area contributed by atoms with Gasteiger partial charge in [-0.2, -0.15) is 0 Å². The van der Waals surface area contributed by atoms with Crippen molar-refractivity contribution in [3.63, 3.8) is 0 Å². The normalized spacial score (nSPS) is 41.1. The second kappa shape index (κ2) is 11.4. The molecule has 11 heteroatoms. The van der Waals surface area contributed by atoms with Crippen molar-refractivity contribution in [3.05, 3.63) is 23.8 Å². The molecular formula is C31H52N8O3. The maximum Gasteiger partial charge on any atom is 0.142 e. The molecule has 8 atom stereocenters. The molecule has 0 aromatic heterocycles. The molecular weight excluding hydrogens is 532 g/mol. The molecule has 1 aromatic carbocycles. The number of rotatable bonds is 8. The van der Waals surface area contributed by atoms with Crippen molar-refractivity contribution in [1.82, 2.24) is 24.9 Å². The topological polar surface area (TPSA) is 116 Å². The number of hydrogen-bond acceptors (Lipinski definition) is 11. The Labute approximate surface area is 250 Å². The molecule has 2 aliphatic carbocycles. The Hall–Kier alpha value is -1.54. The van der Waals surface area contributed by atoms with Crippen LogP contribution in [0.15, 0.2) is 18.2 Å². The summed E-state index contributed by atoms with van der Waals surface area (Å²) in [5.41, 5.74) is 10.6. The average molecular weight is 585 g/mol. The van der Waals surface area contributed by atoms with Crippen molar-refractivity contribution in [2.75, 3.05) is 58.3 Å². The molecule has 4 aliphatic heterocycles. The Kier molecular flexibility index (Phi) is 7.94. The first kappa shape index (κ1) is 29.2. The van der Waals surface area contributed by atoms with Gasteiger partial charge >= 0.3 is 0 Å². The van der Waals surface area contributed by atoms with Crippen molar-refractivity contribution in [2.45, 2.75) is 106 Å². The summed E-state index contributed by atoms with van der Waals surface area (Å²) < 4.78 is 6.39. The maximum atomic E-state index is 11.0. The third kappa shape index (κ3) is 5.04. The van der Waals surface area contributed by atoms with Gasteiger partial charge in [-0.25, -0.2) is 4.90 Å². The van der Waals surface area contributed by atoms with Crippen LogP contribution in [0.3, 0.4) is 0 Å². The number of ether oxygens (including phenoxy) is 1. The lowest BCUT2D eigenvalue weighted by atomic mass is 9.76. The third-order valence-electron chi connectivity index (χ3n) is 11.6. The summed E-state index contributed by atoms with van der Waals surface area (Å²) in [6.07, 6.45) is 6.16. The average Bonchev–Trinajstić information content (AvgIpc) is 3.51. The van der Waals surface area contributed by atoms with Gasteiger partial charge in [-0.15, -0.1) is 0 Å². The van der Waals surface area contributed by atoms with E-state index < -0.39 is 24.5 Å². The zero-order chi connectivity index (χ0) is 29.3. The molecule has 3 saturated heterocycles. The Morgan fingerprint density at radius 3 is 2.60 bits per heavy atom. The minimum atomic E-state index is -0.952. The van der Waals surface area contributed by atoms with E-state index in [1.807, 2.05) is 7.05 Å². The zero-order valence-electron chi connectivity index (χ0n) is 25.8. The van der Waals surface area contributed by atoms with E-state index in [0.29, 0.717) is 32.1 Å². The van der Waals surface area contributed by atoms with Crippen LogP contribution in [0, 0.1) is 5.92 Å². The fraction of sp³-hybridized carbons (Fsp3) is 0.806. The molecule has 2 saturated carbocycles. The monoisotopic (exact) mass is 584 g/mol. The number of nitrogens with one attached hydrogen (secondary N) is 2. The van der Waals surface area contributed by atoms with Gasteiger partial charge < -0.3 is 35.8 Å². The van der Waals surface area contributed by atoms with Crippen LogP contribution in [0.25, 0.3) is 0 Å². The van der Waals surface area contributed by atoms with Gasteiger partial charge in [0.25, 0.3) is 0 Å². The molecule has 234 valence electrons. The molecule has 6 N–H and O–H groups in total. The lowest BCUT2D eigenvalue weighted by molar-refractivity contribution is -0.113. The summed E-state index contributed by atoms with van der Waals surface area (Å²) in [5, 5.41) is 29.4. The van der Waals surface area contributed by atoms with E-state index in [4.69, 9.17) is 10.5 Å². The molecule has 6 aliphatic rings. The lowest BCUT2D eigenvalue weighted by Gasteiger charge is -2.43. The SMILES string of the molecule is CN(C[C@H]1O[C@@H](N2CN(C)C3C(N)N(C)CNC32)[C@H](O)[C@@H]1O)C1CC(CCC2Nc3cc(C4CCC4)ccc3N2C)C1. The molecule has 0 spiro atoms. The number of benzene rings is 1. The van der Waals surface area contributed by atoms with Crippen LogP contribution in [0.5, 0.6) is 0 Å².